The lowest BCUT2D eigenvalue weighted by Gasteiger charge is -2.42. The standard InChI is InChI=1S/C17H26N2O/c1-4-11-20-15-8-6-5-7-14(15)12-19-10-9-16(18)17(2,3)13-19/h4-8,16H,1,9-13,18H2,2-3H3. The van der Waals surface area contributed by atoms with Crippen molar-refractivity contribution in [2.45, 2.75) is 32.9 Å². The lowest BCUT2D eigenvalue weighted by atomic mass is 9.79. The molecule has 2 N–H and O–H groups in total. The number of rotatable bonds is 5. The van der Waals surface area contributed by atoms with Crippen LogP contribution in [-0.4, -0.2) is 30.6 Å². The average Bonchev–Trinajstić information content (AvgIpc) is 2.42. The molecule has 1 saturated heterocycles. The van der Waals surface area contributed by atoms with Gasteiger partial charge >= 0.3 is 0 Å². The van der Waals surface area contributed by atoms with Crippen LogP contribution in [0, 0.1) is 5.41 Å². The van der Waals surface area contributed by atoms with Crippen LogP contribution in [0.5, 0.6) is 5.75 Å². The molecular formula is C17H26N2O. The summed E-state index contributed by atoms with van der Waals surface area (Å²) in [4.78, 5) is 2.47. The van der Waals surface area contributed by atoms with Crippen LogP contribution in [0.1, 0.15) is 25.8 Å². The monoisotopic (exact) mass is 274 g/mol. The van der Waals surface area contributed by atoms with Crippen LogP contribution in [0.3, 0.4) is 0 Å². The van der Waals surface area contributed by atoms with Gasteiger partial charge in [-0.25, -0.2) is 0 Å². The Bertz CT molecular complexity index is 456. The van der Waals surface area contributed by atoms with E-state index in [1.54, 1.807) is 6.08 Å². The molecule has 1 atom stereocenters. The Morgan fingerprint density at radius 1 is 1.45 bits per heavy atom. The number of nitrogens with two attached hydrogens (primary N) is 1. The Morgan fingerprint density at radius 2 is 2.20 bits per heavy atom. The Morgan fingerprint density at radius 3 is 2.90 bits per heavy atom. The van der Waals surface area contributed by atoms with Crippen molar-refractivity contribution in [3.63, 3.8) is 0 Å². The van der Waals surface area contributed by atoms with Gasteiger partial charge in [0.25, 0.3) is 0 Å². The highest BCUT2D eigenvalue weighted by atomic mass is 16.5. The van der Waals surface area contributed by atoms with E-state index in [1.165, 1.54) is 5.56 Å². The molecule has 0 spiro atoms. The zero-order chi connectivity index (χ0) is 14.6. The van der Waals surface area contributed by atoms with Crippen LogP contribution >= 0.6 is 0 Å². The van der Waals surface area contributed by atoms with Crippen LogP contribution in [0.4, 0.5) is 0 Å². The Kier molecular flexibility index (Phi) is 4.84. The van der Waals surface area contributed by atoms with E-state index in [-0.39, 0.29) is 5.41 Å². The topological polar surface area (TPSA) is 38.5 Å². The maximum absolute atomic E-state index is 6.20. The molecule has 20 heavy (non-hydrogen) atoms. The van der Waals surface area contributed by atoms with Gasteiger partial charge in [0.15, 0.2) is 0 Å². The zero-order valence-electron chi connectivity index (χ0n) is 12.6. The molecule has 0 bridgehead atoms. The number of piperidine rings is 1. The molecule has 0 aliphatic carbocycles. The molecule has 0 radical (unpaired) electrons. The van der Waals surface area contributed by atoms with E-state index in [1.807, 2.05) is 12.1 Å². The van der Waals surface area contributed by atoms with Crippen molar-refractivity contribution in [3.05, 3.63) is 42.5 Å². The molecule has 3 nitrogen and oxygen atoms in total. The number of para-hydroxylation sites is 1. The van der Waals surface area contributed by atoms with Crippen LogP contribution < -0.4 is 10.5 Å². The minimum atomic E-state index is 0.176. The molecular weight excluding hydrogens is 248 g/mol. The lowest BCUT2D eigenvalue weighted by Crippen LogP contribution is -2.52. The Balaban J connectivity index is 2.05. The van der Waals surface area contributed by atoms with E-state index in [4.69, 9.17) is 10.5 Å². The second-order valence-corrected chi connectivity index (χ2v) is 6.30. The van der Waals surface area contributed by atoms with E-state index in [0.717, 1.165) is 31.8 Å². The van der Waals surface area contributed by atoms with E-state index in [9.17, 15) is 0 Å². The van der Waals surface area contributed by atoms with Crippen LogP contribution in [-0.2, 0) is 6.54 Å². The Labute approximate surface area is 122 Å². The molecule has 1 aromatic rings. The zero-order valence-corrected chi connectivity index (χ0v) is 12.6. The molecule has 0 aromatic heterocycles. The van der Waals surface area contributed by atoms with Crippen molar-refractivity contribution < 1.29 is 4.74 Å². The maximum Gasteiger partial charge on any atom is 0.124 e. The second kappa shape index (κ2) is 6.42. The fourth-order valence-electron chi connectivity index (χ4n) is 2.78. The summed E-state index contributed by atoms with van der Waals surface area (Å²) in [7, 11) is 0. The van der Waals surface area contributed by atoms with Gasteiger partial charge in [-0.2, -0.15) is 0 Å². The van der Waals surface area contributed by atoms with Gasteiger partial charge in [-0.15, -0.1) is 0 Å². The van der Waals surface area contributed by atoms with Gasteiger partial charge < -0.3 is 10.5 Å². The van der Waals surface area contributed by atoms with Gasteiger partial charge in [0.2, 0.25) is 0 Å². The van der Waals surface area contributed by atoms with Crippen LogP contribution in [0.15, 0.2) is 36.9 Å². The highest BCUT2D eigenvalue weighted by Crippen LogP contribution is 2.30. The predicted octanol–water partition coefficient (Wildman–Crippen LogP) is 2.81. The molecule has 1 unspecified atom stereocenters. The van der Waals surface area contributed by atoms with Gasteiger partial charge in [-0.3, -0.25) is 4.90 Å². The highest BCUT2D eigenvalue weighted by molar-refractivity contribution is 5.33. The largest absolute Gasteiger partial charge is 0.489 e. The second-order valence-electron chi connectivity index (χ2n) is 6.30. The number of hydrogen-bond acceptors (Lipinski definition) is 3. The van der Waals surface area contributed by atoms with Crippen molar-refractivity contribution >= 4 is 0 Å². The number of nitrogens with zero attached hydrogens (tertiary/aromatic N) is 1. The fourth-order valence-corrected chi connectivity index (χ4v) is 2.78. The molecule has 1 aliphatic rings. The minimum absolute atomic E-state index is 0.176. The minimum Gasteiger partial charge on any atom is -0.489 e. The molecule has 2 rings (SSSR count). The summed E-state index contributed by atoms with van der Waals surface area (Å²) in [5.41, 5.74) is 7.61. The summed E-state index contributed by atoms with van der Waals surface area (Å²) in [5, 5.41) is 0. The van der Waals surface area contributed by atoms with Crippen molar-refractivity contribution in [2.75, 3.05) is 19.7 Å². The SMILES string of the molecule is C=CCOc1ccccc1CN1CCC(N)C(C)(C)C1. The molecule has 3 heteroatoms. The third-order valence-corrected chi connectivity index (χ3v) is 4.11. The first-order valence-corrected chi connectivity index (χ1v) is 7.32. The molecule has 1 aromatic carbocycles. The first-order chi connectivity index (χ1) is 9.53. The summed E-state index contributed by atoms with van der Waals surface area (Å²) >= 11 is 0. The first-order valence-electron chi connectivity index (χ1n) is 7.32. The summed E-state index contributed by atoms with van der Waals surface area (Å²) < 4.78 is 5.73. The summed E-state index contributed by atoms with van der Waals surface area (Å²) in [5.74, 6) is 0.958. The normalized spacial score (nSPS) is 22.4. The smallest absolute Gasteiger partial charge is 0.124 e. The van der Waals surface area contributed by atoms with Gasteiger partial charge in [-0.05, 0) is 17.9 Å². The fraction of sp³-hybridized carbons (Fsp3) is 0.529. The number of ether oxygens (including phenoxy) is 1. The third-order valence-electron chi connectivity index (χ3n) is 4.11. The van der Waals surface area contributed by atoms with Crippen molar-refractivity contribution in [2.24, 2.45) is 11.1 Å². The van der Waals surface area contributed by atoms with Crippen molar-refractivity contribution in [1.29, 1.82) is 0 Å². The average molecular weight is 274 g/mol. The van der Waals surface area contributed by atoms with Crippen LogP contribution in [0.25, 0.3) is 0 Å². The number of hydrogen-bond donors (Lipinski definition) is 1. The lowest BCUT2D eigenvalue weighted by molar-refractivity contribution is 0.0891. The number of likely N-dealkylation sites (tertiary alicyclic amines) is 1. The molecule has 110 valence electrons. The molecule has 0 saturated carbocycles. The van der Waals surface area contributed by atoms with Gasteiger partial charge in [0, 0.05) is 31.2 Å². The van der Waals surface area contributed by atoms with E-state index in [0.29, 0.717) is 12.6 Å². The molecule has 1 fully saturated rings. The molecule has 1 heterocycles. The van der Waals surface area contributed by atoms with Gasteiger partial charge in [0.05, 0.1) is 0 Å². The van der Waals surface area contributed by atoms with E-state index in [2.05, 4.69) is 37.5 Å². The Hall–Kier alpha value is -1.32. The molecule has 1 aliphatic heterocycles. The quantitative estimate of drug-likeness (QED) is 0.839. The highest BCUT2D eigenvalue weighted by Gasteiger charge is 2.33. The first kappa shape index (κ1) is 15.1. The third kappa shape index (κ3) is 3.62. The summed E-state index contributed by atoms with van der Waals surface area (Å²) in [6, 6.07) is 8.54. The van der Waals surface area contributed by atoms with Crippen molar-refractivity contribution in [1.82, 2.24) is 4.90 Å². The predicted molar refractivity (Wildman–Crippen MR) is 83.8 cm³/mol. The van der Waals surface area contributed by atoms with Gasteiger partial charge in [-0.1, -0.05) is 44.7 Å². The molecule has 0 amide bonds. The van der Waals surface area contributed by atoms with E-state index < -0.39 is 0 Å². The summed E-state index contributed by atoms with van der Waals surface area (Å²) in [6.45, 7) is 11.8. The van der Waals surface area contributed by atoms with E-state index >= 15 is 0 Å². The summed E-state index contributed by atoms with van der Waals surface area (Å²) in [6.07, 6.45) is 2.84. The maximum atomic E-state index is 6.20. The number of benzene rings is 1. The van der Waals surface area contributed by atoms with Crippen LogP contribution in [0.2, 0.25) is 0 Å². The van der Waals surface area contributed by atoms with Gasteiger partial charge in [0.1, 0.15) is 12.4 Å². The van der Waals surface area contributed by atoms with Crippen molar-refractivity contribution in [3.8, 4) is 5.75 Å².